The topological polar surface area (TPSA) is 12.5 Å². The Labute approximate surface area is 113 Å². The van der Waals surface area contributed by atoms with Crippen LogP contribution in [-0.2, 0) is 0 Å². The van der Waals surface area contributed by atoms with Crippen molar-refractivity contribution in [3.63, 3.8) is 0 Å². The van der Waals surface area contributed by atoms with E-state index in [2.05, 4.69) is 54.6 Å². The minimum absolute atomic E-state index is 0.880. The molecule has 0 aliphatic carbocycles. The molecular formula is C15H17NOS. The molecule has 18 heavy (non-hydrogen) atoms. The highest BCUT2D eigenvalue weighted by atomic mass is 32.2. The van der Waals surface area contributed by atoms with Gasteiger partial charge in [0.1, 0.15) is 5.75 Å². The molecule has 0 heterocycles. The predicted molar refractivity (Wildman–Crippen MR) is 79.3 cm³/mol. The average Bonchev–Trinajstić information content (AvgIpc) is 2.47. The molecule has 0 atom stereocenters. The molecule has 0 radical (unpaired) electrons. The van der Waals surface area contributed by atoms with Crippen molar-refractivity contribution in [1.82, 2.24) is 0 Å². The molecule has 0 aliphatic heterocycles. The Balaban J connectivity index is 2.20. The summed E-state index contributed by atoms with van der Waals surface area (Å²) in [5, 5.41) is 0. The van der Waals surface area contributed by atoms with Crippen LogP contribution in [0, 0.1) is 0 Å². The summed E-state index contributed by atoms with van der Waals surface area (Å²) in [5.41, 5.74) is 2.32. The molecule has 0 saturated carbocycles. The second kappa shape index (κ2) is 5.83. The molecule has 2 aromatic carbocycles. The first-order chi connectivity index (χ1) is 8.74. The van der Waals surface area contributed by atoms with Gasteiger partial charge in [0, 0.05) is 23.3 Å². The van der Waals surface area contributed by atoms with Gasteiger partial charge in [0.2, 0.25) is 0 Å². The molecule has 0 aromatic heterocycles. The fraction of sp³-hybridized carbons (Fsp3) is 0.200. The number of benzene rings is 2. The second-order valence-corrected chi connectivity index (χ2v) is 4.83. The van der Waals surface area contributed by atoms with Crippen molar-refractivity contribution >= 4 is 23.1 Å². The zero-order valence-electron chi connectivity index (χ0n) is 10.9. The Kier molecular flexibility index (Phi) is 4.15. The van der Waals surface area contributed by atoms with Crippen LogP contribution in [0.5, 0.6) is 5.75 Å². The highest BCUT2D eigenvalue weighted by molar-refractivity contribution is 7.98. The lowest BCUT2D eigenvalue weighted by atomic mass is 10.2. The van der Waals surface area contributed by atoms with Gasteiger partial charge in [0.25, 0.3) is 0 Å². The Morgan fingerprint density at radius 1 is 0.889 bits per heavy atom. The van der Waals surface area contributed by atoms with Crippen LogP contribution in [0.1, 0.15) is 0 Å². The van der Waals surface area contributed by atoms with E-state index in [1.807, 2.05) is 12.1 Å². The summed E-state index contributed by atoms with van der Waals surface area (Å²) in [4.78, 5) is 3.44. The Hall–Kier alpha value is -1.61. The first kappa shape index (κ1) is 12.8. The molecule has 2 aromatic rings. The average molecular weight is 259 g/mol. The zero-order chi connectivity index (χ0) is 13.0. The van der Waals surface area contributed by atoms with Gasteiger partial charge in [-0.2, -0.15) is 0 Å². The molecular weight excluding hydrogens is 242 g/mol. The standard InChI is InChI=1S/C15H17NOS/c1-16(12-4-8-14(17-2)9-5-12)13-6-10-15(18-3)11-7-13/h4-11H,1-3H3. The fourth-order valence-electron chi connectivity index (χ4n) is 1.76. The third-order valence-corrected chi connectivity index (χ3v) is 3.66. The summed E-state index contributed by atoms with van der Waals surface area (Å²) in [6.07, 6.45) is 2.09. The van der Waals surface area contributed by atoms with Crippen LogP contribution in [0.15, 0.2) is 53.4 Å². The lowest BCUT2D eigenvalue weighted by molar-refractivity contribution is 0.415. The molecule has 2 rings (SSSR count). The number of thioether (sulfide) groups is 1. The molecule has 0 aliphatic rings. The molecule has 0 saturated heterocycles. The molecule has 0 bridgehead atoms. The van der Waals surface area contributed by atoms with Gasteiger partial charge in [-0.25, -0.2) is 0 Å². The molecule has 3 heteroatoms. The monoisotopic (exact) mass is 259 g/mol. The van der Waals surface area contributed by atoms with Crippen molar-refractivity contribution in [3.05, 3.63) is 48.5 Å². The molecule has 0 amide bonds. The summed E-state index contributed by atoms with van der Waals surface area (Å²) in [5.74, 6) is 0.880. The minimum Gasteiger partial charge on any atom is -0.497 e. The highest BCUT2D eigenvalue weighted by Crippen LogP contribution is 2.27. The van der Waals surface area contributed by atoms with Gasteiger partial charge in [0.15, 0.2) is 0 Å². The van der Waals surface area contributed by atoms with Gasteiger partial charge in [-0.1, -0.05) is 0 Å². The van der Waals surface area contributed by atoms with Crippen molar-refractivity contribution < 1.29 is 4.74 Å². The highest BCUT2D eigenvalue weighted by Gasteiger charge is 2.03. The summed E-state index contributed by atoms with van der Waals surface area (Å²) in [7, 11) is 3.75. The Morgan fingerprint density at radius 2 is 1.39 bits per heavy atom. The predicted octanol–water partition coefficient (Wildman–Crippen LogP) is 4.19. The maximum absolute atomic E-state index is 5.16. The molecule has 2 nitrogen and oxygen atoms in total. The van der Waals surface area contributed by atoms with Gasteiger partial charge in [-0.3, -0.25) is 0 Å². The van der Waals surface area contributed by atoms with Gasteiger partial charge < -0.3 is 9.64 Å². The quantitative estimate of drug-likeness (QED) is 0.764. The van der Waals surface area contributed by atoms with Crippen LogP contribution >= 0.6 is 11.8 Å². The number of hydrogen-bond acceptors (Lipinski definition) is 3. The number of hydrogen-bond donors (Lipinski definition) is 0. The van der Waals surface area contributed by atoms with E-state index < -0.39 is 0 Å². The molecule has 0 fully saturated rings. The summed E-state index contributed by atoms with van der Waals surface area (Å²) >= 11 is 1.75. The minimum atomic E-state index is 0.880. The number of anilines is 2. The van der Waals surface area contributed by atoms with Crippen LogP contribution in [-0.4, -0.2) is 20.4 Å². The summed E-state index contributed by atoms with van der Waals surface area (Å²) < 4.78 is 5.16. The largest absolute Gasteiger partial charge is 0.497 e. The zero-order valence-corrected chi connectivity index (χ0v) is 11.7. The number of rotatable bonds is 4. The molecule has 0 spiro atoms. The van der Waals surface area contributed by atoms with Crippen molar-refractivity contribution in [2.75, 3.05) is 25.3 Å². The van der Waals surface area contributed by atoms with E-state index >= 15 is 0 Å². The Morgan fingerprint density at radius 3 is 1.83 bits per heavy atom. The van der Waals surface area contributed by atoms with E-state index in [1.54, 1.807) is 18.9 Å². The molecule has 0 N–H and O–H groups in total. The third-order valence-electron chi connectivity index (χ3n) is 2.92. The van der Waals surface area contributed by atoms with Crippen LogP contribution < -0.4 is 9.64 Å². The SMILES string of the molecule is COc1ccc(N(C)c2ccc(SC)cc2)cc1. The van der Waals surface area contributed by atoms with Gasteiger partial charge in [-0.15, -0.1) is 11.8 Å². The van der Waals surface area contributed by atoms with E-state index in [-0.39, 0.29) is 0 Å². The van der Waals surface area contributed by atoms with Crippen molar-refractivity contribution in [3.8, 4) is 5.75 Å². The first-order valence-electron chi connectivity index (χ1n) is 5.76. The van der Waals surface area contributed by atoms with Crippen LogP contribution in [0.4, 0.5) is 11.4 Å². The normalized spacial score (nSPS) is 10.2. The van der Waals surface area contributed by atoms with Crippen LogP contribution in [0.2, 0.25) is 0 Å². The van der Waals surface area contributed by atoms with Crippen molar-refractivity contribution in [2.24, 2.45) is 0 Å². The van der Waals surface area contributed by atoms with E-state index in [0.29, 0.717) is 0 Å². The van der Waals surface area contributed by atoms with E-state index in [4.69, 9.17) is 4.74 Å². The lowest BCUT2D eigenvalue weighted by Crippen LogP contribution is -2.08. The molecule has 0 unspecified atom stereocenters. The number of nitrogens with zero attached hydrogens (tertiary/aromatic N) is 1. The van der Waals surface area contributed by atoms with E-state index in [1.165, 1.54) is 10.6 Å². The maximum atomic E-state index is 5.16. The van der Waals surface area contributed by atoms with Gasteiger partial charge in [0.05, 0.1) is 7.11 Å². The Bertz CT molecular complexity index is 445. The van der Waals surface area contributed by atoms with Crippen molar-refractivity contribution in [1.29, 1.82) is 0 Å². The smallest absolute Gasteiger partial charge is 0.119 e. The van der Waals surface area contributed by atoms with Gasteiger partial charge >= 0.3 is 0 Å². The summed E-state index contributed by atoms with van der Waals surface area (Å²) in [6.45, 7) is 0. The lowest BCUT2D eigenvalue weighted by Gasteiger charge is -2.20. The summed E-state index contributed by atoms with van der Waals surface area (Å²) in [6, 6.07) is 16.6. The van der Waals surface area contributed by atoms with Crippen molar-refractivity contribution in [2.45, 2.75) is 4.90 Å². The number of ether oxygens (including phenoxy) is 1. The van der Waals surface area contributed by atoms with E-state index in [9.17, 15) is 0 Å². The fourth-order valence-corrected chi connectivity index (χ4v) is 2.17. The maximum Gasteiger partial charge on any atom is 0.119 e. The van der Waals surface area contributed by atoms with Crippen LogP contribution in [0.25, 0.3) is 0 Å². The molecule has 94 valence electrons. The van der Waals surface area contributed by atoms with Crippen LogP contribution in [0.3, 0.4) is 0 Å². The van der Waals surface area contributed by atoms with Gasteiger partial charge in [-0.05, 0) is 54.8 Å². The third kappa shape index (κ3) is 2.79. The second-order valence-electron chi connectivity index (χ2n) is 3.96. The van der Waals surface area contributed by atoms with E-state index in [0.717, 1.165) is 11.4 Å². The number of methoxy groups -OCH3 is 1. The first-order valence-corrected chi connectivity index (χ1v) is 6.99.